The molecule has 2 heterocycles. The summed E-state index contributed by atoms with van der Waals surface area (Å²) in [5.41, 5.74) is 1.02. The van der Waals surface area contributed by atoms with Gasteiger partial charge in [-0.3, -0.25) is 0 Å². The highest BCUT2D eigenvalue weighted by molar-refractivity contribution is 9.11. The summed E-state index contributed by atoms with van der Waals surface area (Å²) in [6.07, 6.45) is 4.98. The van der Waals surface area contributed by atoms with Crippen molar-refractivity contribution in [2.45, 2.75) is 32.2 Å². The zero-order valence-corrected chi connectivity index (χ0v) is 12.0. The van der Waals surface area contributed by atoms with Crippen LogP contribution in [-0.4, -0.2) is 17.9 Å². The van der Waals surface area contributed by atoms with Gasteiger partial charge in [-0.05, 0) is 41.3 Å². The van der Waals surface area contributed by atoms with E-state index in [1.807, 2.05) is 6.07 Å². The van der Waals surface area contributed by atoms with Gasteiger partial charge in [0.1, 0.15) is 4.60 Å². The number of rotatable bonds is 3. The molecule has 0 amide bonds. The molecule has 3 nitrogen and oxygen atoms in total. The van der Waals surface area contributed by atoms with E-state index < -0.39 is 0 Å². The molecule has 1 aromatic rings. The highest BCUT2D eigenvalue weighted by Crippen LogP contribution is 2.25. The minimum atomic E-state index is -0.0623. The van der Waals surface area contributed by atoms with Crippen molar-refractivity contribution >= 4 is 31.9 Å². The largest absolute Gasteiger partial charge is 0.353 e. The van der Waals surface area contributed by atoms with Crippen LogP contribution in [0.4, 0.5) is 0 Å². The van der Waals surface area contributed by atoms with Gasteiger partial charge in [0.15, 0.2) is 6.29 Å². The van der Waals surface area contributed by atoms with E-state index in [0.717, 1.165) is 34.1 Å². The van der Waals surface area contributed by atoms with Crippen LogP contribution in [0.3, 0.4) is 0 Å². The maximum Gasteiger partial charge on any atom is 0.158 e. The van der Waals surface area contributed by atoms with E-state index in [0.29, 0.717) is 6.61 Å². The fourth-order valence-corrected chi connectivity index (χ4v) is 2.73. The van der Waals surface area contributed by atoms with E-state index >= 15 is 0 Å². The predicted octanol–water partition coefficient (Wildman–Crippen LogP) is 3.65. The van der Waals surface area contributed by atoms with E-state index in [1.54, 1.807) is 6.20 Å². The van der Waals surface area contributed by atoms with Gasteiger partial charge in [0, 0.05) is 22.8 Å². The molecular formula is C11H13Br2NO2. The Kier molecular flexibility index (Phi) is 4.76. The lowest BCUT2D eigenvalue weighted by atomic mass is 10.2. The van der Waals surface area contributed by atoms with Crippen molar-refractivity contribution in [1.82, 2.24) is 4.98 Å². The first-order valence-corrected chi connectivity index (χ1v) is 6.88. The lowest BCUT2D eigenvalue weighted by molar-refractivity contribution is -0.169. The molecule has 0 bridgehead atoms. The van der Waals surface area contributed by atoms with Crippen LogP contribution >= 0.6 is 31.9 Å². The third kappa shape index (κ3) is 3.26. The van der Waals surface area contributed by atoms with Gasteiger partial charge < -0.3 is 9.47 Å². The van der Waals surface area contributed by atoms with Crippen LogP contribution in [0.5, 0.6) is 0 Å². The van der Waals surface area contributed by atoms with Gasteiger partial charge in [0.05, 0.1) is 6.61 Å². The predicted molar refractivity (Wildman–Crippen MR) is 68.0 cm³/mol. The SMILES string of the molecule is Brc1ccnc(Br)c1COC1CCCCO1. The number of nitrogens with zero attached hydrogens (tertiary/aromatic N) is 1. The smallest absolute Gasteiger partial charge is 0.158 e. The molecule has 1 aliphatic heterocycles. The zero-order valence-electron chi connectivity index (χ0n) is 8.79. The number of ether oxygens (including phenoxy) is 2. The highest BCUT2D eigenvalue weighted by atomic mass is 79.9. The fourth-order valence-electron chi connectivity index (χ4n) is 1.59. The molecule has 0 aromatic carbocycles. The minimum absolute atomic E-state index is 0.0623. The van der Waals surface area contributed by atoms with Gasteiger partial charge in [-0.1, -0.05) is 15.9 Å². The second-order valence-corrected chi connectivity index (χ2v) is 5.27. The van der Waals surface area contributed by atoms with Crippen LogP contribution < -0.4 is 0 Å². The zero-order chi connectivity index (χ0) is 11.4. The molecule has 1 aliphatic rings. The molecule has 5 heteroatoms. The fraction of sp³-hybridized carbons (Fsp3) is 0.545. The van der Waals surface area contributed by atoms with Gasteiger partial charge in [-0.2, -0.15) is 0 Å². The van der Waals surface area contributed by atoms with Crippen molar-refractivity contribution in [3.63, 3.8) is 0 Å². The number of hydrogen-bond acceptors (Lipinski definition) is 3. The average Bonchev–Trinajstić information content (AvgIpc) is 2.30. The van der Waals surface area contributed by atoms with Gasteiger partial charge in [-0.25, -0.2) is 4.98 Å². The van der Waals surface area contributed by atoms with Gasteiger partial charge in [0.25, 0.3) is 0 Å². The number of hydrogen-bond donors (Lipinski definition) is 0. The highest BCUT2D eigenvalue weighted by Gasteiger charge is 2.15. The third-order valence-electron chi connectivity index (χ3n) is 2.50. The first-order chi connectivity index (χ1) is 7.77. The topological polar surface area (TPSA) is 31.4 Å². The second kappa shape index (κ2) is 6.10. The molecule has 1 atom stereocenters. The maximum atomic E-state index is 5.71. The van der Waals surface area contributed by atoms with E-state index in [2.05, 4.69) is 36.8 Å². The van der Waals surface area contributed by atoms with Crippen LogP contribution in [-0.2, 0) is 16.1 Å². The Bertz CT molecular complexity index is 334. The second-order valence-electron chi connectivity index (χ2n) is 3.67. The Hall–Kier alpha value is 0.0300. The molecule has 0 radical (unpaired) electrons. The number of halogens is 2. The van der Waals surface area contributed by atoms with Crippen LogP contribution in [0, 0.1) is 0 Å². The van der Waals surface area contributed by atoms with Gasteiger partial charge in [-0.15, -0.1) is 0 Å². The van der Waals surface area contributed by atoms with Crippen LogP contribution in [0.2, 0.25) is 0 Å². The molecule has 0 saturated carbocycles. The Morgan fingerprint density at radius 3 is 3.00 bits per heavy atom. The molecule has 1 aromatic heterocycles. The molecule has 0 N–H and O–H groups in total. The minimum Gasteiger partial charge on any atom is -0.353 e. The molecule has 2 rings (SSSR count). The van der Waals surface area contributed by atoms with Crippen molar-refractivity contribution in [2.24, 2.45) is 0 Å². The summed E-state index contributed by atoms with van der Waals surface area (Å²) in [5.74, 6) is 0. The van der Waals surface area contributed by atoms with E-state index in [4.69, 9.17) is 9.47 Å². The average molecular weight is 351 g/mol. The standard InChI is InChI=1S/C11H13Br2NO2/c12-9-4-5-14-11(13)8(9)7-16-10-3-1-2-6-15-10/h4-5,10H,1-3,6-7H2. The van der Waals surface area contributed by atoms with Crippen molar-refractivity contribution in [2.75, 3.05) is 6.61 Å². The Morgan fingerprint density at radius 1 is 1.44 bits per heavy atom. The summed E-state index contributed by atoms with van der Waals surface area (Å²) in [6, 6.07) is 1.91. The first-order valence-electron chi connectivity index (χ1n) is 5.29. The van der Waals surface area contributed by atoms with Gasteiger partial charge >= 0.3 is 0 Å². The molecule has 1 fully saturated rings. The van der Waals surface area contributed by atoms with Crippen LogP contribution in [0.1, 0.15) is 24.8 Å². The Labute approximate surface area is 112 Å². The Balaban J connectivity index is 1.93. The summed E-state index contributed by atoms with van der Waals surface area (Å²) in [4.78, 5) is 4.17. The lowest BCUT2D eigenvalue weighted by Gasteiger charge is -2.23. The summed E-state index contributed by atoms with van der Waals surface area (Å²) in [5, 5.41) is 0. The summed E-state index contributed by atoms with van der Waals surface area (Å²) in [6.45, 7) is 1.32. The molecule has 16 heavy (non-hydrogen) atoms. The molecule has 88 valence electrons. The summed E-state index contributed by atoms with van der Waals surface area (Å²) >= 11 is 6.89. The first kappa shape index (κ1) is 12.5. The Morgan fingerprint density at radius 2 is 2.31 bits per heavy atom. The summed E-state index contributed by atoms with van der Waals surface area (Å²) in [7, 11) is 0. The molecular weight excluding hydrogens is 338 g/mol. The number of pyridine rings is 1. The molecule has 1 saturated heterocycles. The lowest BCUT2D eigenvalue weighted by Crippen LogP contribution is -2.22. The van der Waals surface area contributed by atoms with Crippen LogP contribution in [0.25, 0.3) is 0 Å². The number of aromatic nitrogens is 1. The molecule has 1 unspecified atom stereocenters. The quantitative estimate of drug-likeness (QED) is 0.780. The third-order valence-corrected chi connectivity index (χ3v) is 3.92. The van der Waals surface area contributed by atoms with E-state index in [1.165, 1.54) is 6.42 Å². The van der Waals surface area contributed by atoms with Crippen molar-refractivity contribution in [1.29, 1.82) is 0 Å². The maximum absolute atomic E-state index is 5.71. The molecule has 0 spiro atoms. The van der Waals surface area contributed by atoms with Crippen molar-refractivity contribution in [3.8, 4) is 0 Å². The molecule has 0 aliphatic carbocycles. The van der Waals surface area contributed by atoms with E-state index in [-0.39, 0.29) is 6.29 Å². The van der Waals surface area contributed by atoms with E-state index in [9.17, 15) is 0 Å². The summed E-state index contributed by atoms with van der Waals surface area (Å²) < 4.78 is 13.0. The van der Waals surface area contributed by atoms with Crippen molar-refractivity contribution < 1.29 is 9.47 Å². The monoisotopic (exact) mass is 349 g/mol. The van der Waals surface area contributed by atoms with Gasteiger partial charge in [0.2, 0.25) is 0 Å². The van der Waals surface area contributed by atoms with Crippen molar-refractivity contribution in [3.05, 3.63) is 26.9 Å². The van der Waals surface area contributed by atoms with Crippen LogP contribution in [0.15, 0.2) is 21.3 Å². The normalized spacial score (nSPS) is 21.0.